The Balaban J connectivity index is 1.62. The van der Waals surface area contributed by atoms with E-state index in [1.54, 1.807) is 0 Å². The Hall–Kier alpha value is -1.55. The number of ether oxygens (including phenoxy) is 1. The zero-order valence-electron chi connectivity index (χ0n) is 15.2. The largest absolute Gasteiger partial charge is 0.381 e. The van der Waals surface area contributed by atoms with Gasteiger partial charge in [0.05, 0.1) is 12.6 Å². The molecule has 132 valence electrons. The van der Waals surface area contributed by atoms with Crippen LogP contribution in [0, 0.1) is 5.92 Å². The maximum atomic E-state index is 12.6. The summed E-state index contributed by atoms with van der Waals surface area (Å²) in [7, 11) is 0. The molecular weight excluding hydrogens is 300 g/mol. The van der Waals surface area contributed by atoms with Crippen molar-refractivity contribution in [3.8, 4) is 0 Å². The molecule has 1 aromatic carbocycles. The van der Waals surface area contributed by atoms with Gasteiger partial charge in [-0.2, -0.15) is 0 Å². The summed E-state index contributed by atoms with van der Waals surface area (Å²) in [5, 5.41) is 3.11. The fourth-order valence-electron chi connectivity index (χ4n) is 3.64. The molecule has 4 heteroatoms. The quantitative estimate of drug-likeness (QED) is 0.914. The van der Waals surface area contributed by atoms with Crippen LogP contribution in [0.15, 0.2) is 24.3 Å². The monoisotopic (exact) mass is 330 g/mol. The van der Waals surface area contributed by atoms with Gasteiger partial charge >= 0.3 is 6.03 Å². The smallest absolute Gasteiger partial charge is 0.317 e. The highest BCUT2D eigenvalue weighted by atomic mass is 16.5. The second-order valence-electron chi connectivity index (χ2n) is 8.14. The molecule has 2 unspecified atom stereocenters. The van der Waals surface area contributed by atoms with E-state index in [0.717, 1.165) is 45.6 Å². The molecule has 0 bridgehead atoms. The lowest BCUT2D eigenvalue weighted by Gasteiger charge is -2.27. The van der Waals surface area contributed by atoms with E-state index in [1.165, 1.54) is 11.1 Å². The third-order valence-electron chi connectivity index (χ3n) is 5.24. The van der Waals surface area contributed by atoms with Gasteiger partial charge in [-0.05, 0) is 35.8 Å². The Kier molecular flexibility index (Phi) is 5.14. The molecule has 0 radical (unpaired) electrons. The van der Waals surface area contributed by atoms with Gasteiger partial charge in [0.2, 0.25) is 0 Å². The summed E-state index contributed by atoms with van der Waals surface area (Å²) >= 11 is 0. The Morgan fingerprint density at radius 1 is 1.25 bits per heavy atom. The first-order valence-corrected chi connectivity index (χ1v) is 9.18. The van der Waals surface area contributed by atoms with Crippen molar-refractivity contribution in [3.05, 3.63) is 35.4 Å². The molecule has 24 heavy (non-hydrogen) atoms. The molecule has 0 spiro atoms. The van der Waals surface area contributed by atoms with Crippen LogP contribution in [0.5, 0.6) is 0 Å². The molecule has 1 aromatic rings. The molecule has 2 saturated heterocycles. The minimum atomic E-state index is 0.0734. The summed E-state index contributed by atoms with van der Waals surface area (Å²) in [6.45, 7) is 9.85. The van der Waals surface area contributed by atoms with E-state index < -0.39 is 0 Å². The zero-order valence-corrected chi connectivity index (χ0v) is 15.2. The molecule has 0 aliphatic carbocycles. The fourth-order valence-corrected chi connectivity index (χ4v) is 3.64. The molecule has 4 nitrogen and oxygen atoms in total. The van der Waals surface area contributed by atoms with Crippen molar-refractivity contribution in [1.82, 2.24) is 10.2 Å². The summed E-state index contributed by atoms with van der Waals surface area (Å²) in [5.74, 6) is 0.473. The highest BCUT2D eigenvalue weighted by Crippen LogP contribution is 2.33. The van der Waals surface area contributed by atoms with Crippen LogP contribution in [0.3, 0.4) is 0 Å². The number of hydrogen-bond acceptors (Lipinski definition) is 2. The third kappa shape index (κ3) is 3.92. The molecule has 2 heterocycles. The topological polar surface area (TPSA) is 41.6 Å². The molecule has 0 saturated carbocycles. The van der Waals surface area contributed by atoms with Crippen LogP contribution in [-0.4, -0.2) is 37.2 Å². The lowest BCUT2D eigenvalue weighted by atomic mass is 9.86. The van der Waals surface area contributed by atoms with Crippen LogP contribution >= 0.6 is 0 Å². The first kappa shape index (κ1) is 17.3. The van der Waals surface area contributed by atoms with Gasteiger partial charge in [-0.1, -0.05) is 45.0 Å². The van der Waals surface area contributed by atoms with E-state index in [-0.39, 0.29) is 17.5 Å². The number of likely N-dealkylation sites (tertiary alicyclic amines) is 1. The number of amides is 2. The summed E-state index contributed by atoms with van der Waals surface area (Å²) in [6.07, 6.45) is 3.18. The minimum Gasteiger partial charge on any atom is -0.381 e. The van der Waals surface area contributed by atoms with E-state index in [4.69, 9.17) is 4.74 Å². The van der Waals surface area contributed by atoms with E-state index in [1.807, 2.05) is 4.90 Å². The van der Waals surface area contributed by atoms with Crippen molar-refractivity contribution in [3.63, 3.8) is 0 Å². The summed E-state index contributed by atoms with van der Waals surface area (Å²) in [4.78, 5) is 14.6. The molecular formula is C20H30N2O2. The molecule has 2 aliphatic rings. The van der Waals surface area contributed by atoms with Gasteiger partial charge < -0.3 is 15.0 Å². The van der Waals surface area contributed by atoms with Gasteiger partial charge in [-0.15, -0.1) is 0 Å². The van der Waals surface area contributed by atoms with Gasteiger partial charge in [-0.3, -0.25) is 0 Å². The number of urea groups is 1. The van der Waals surface area contributed by atoms with Crippen molar-refractivity contribution < 1.29 is 9.53 Å². The van der Waals surface area contributed by atoms with Crippen molar-refractivity contribution in [1.29, 1.82) is 0 Å². The van der Waals surface area contributed by atoms with Crippen LogP contribution in [0.2, 0.25) is 0 Å². The Labute approximate surface area is 145 Å². The Morgan fingerprint density at radius 3 is 2.62 bits per heavy atom. The molecule has 2 atom stereocenters. The van der Waals surface area contributed by atoms with Crippen LogP contribution in [0.4, 0.5) is 4.79 Å². The zero-order chi connectivity index (χ0) is 17.2. The molecule has 0 aromatic heterocycles. The first-order valence-electron chi connectivity index (χ1n) is 9.18. The van der Waals surface area contributed by atoms with E-state index in [9.17, 15) is 4.79 Å². The number of nitrogens with one attached hydrogen (secondary N) is 1. The Bertz CT molecular complexity index is 556. The standard InChI is InChI=1S/C20H30N2O2/c1-20(2,3)17-8-6-16(7-9-17)18-5-4-11-22(18)19(23)21-13-15-10-12-24-14-15/h6-9,15,18H,4-5,10-14H2,1-3H3,(H,21,23). The molecule has 3 rings (SSSR count). The van der Waals surface area contributed by atoms with Crippen molar-refractivity contribution in [2.45, 2.75) is 51.5 Å². The van der Waals surface area contributed by atoms with Crippen LogP contribution in [-0.2, 0) is 10.2 Å². The lowest BCUT2D eigenvalue weighted by molar-refractivity contribution is 0.179. The highest BCUT2D eigenvalue weighted by Gasteiger charge is 2.30. The van der Waals surface area contributed by atoms with Gasteiger partial charge in [-0.25, -0.2) is 4.79 Å². The van der Waals surface area contributed by atoms with Gasteiger partial charge in [0.25, 0.3) is 0 Å². The lowest BCUT2D eigenvalue weighted by Crippen LogP contribution is -2.41. The maximum Gasteiger partial charge on any atom is 0.317 e. The van der Waals surface area contributed by atoms with Crippen LogP contribution in [0.1, 0.15) is 57.2 Å². The van der Waals surface area contributed by atoms with E-state index in [0.29, 0.717) is 5.92 Å². The summed E-state index contributed by atoms with van der Waals surface area (Å²) in [6, 6.07) is 9.09. The second-order valence-corrected chi connectivity index (χ2v) is 8.14. The number of benzene rings is 1. The van der Waals surface area contributed by atoms with E-state index >= 15 is 0 Å². The van der Waals surface area contributed by atoms with Crippen molar-refractivity contribution >= 4 is 6.03 Å². The molecule has 2 fully saturated rings. The summed E-state index contributed by atoms with van der Waals surface area (Å²) < 4.78 is 5.38. The third-order valence-corrected chi connectivity index (χ3v) is 5.24. The highest BCUT2D eigenvalue weighted by molar-refractivity contribution is 5.75. The molecule has 2 aliphatic heterocycles. The normalized spacial score (nSPS) is 24.4. The second kappa shape index (κ2) is 7.14. The van der Waals surface area contributed by atoms with Crippen molar-refractivity contribution in [2.75, 3.05) is 26.3 Å². The summed E-state index contributed by atoms with van der Waals surface area (Å²) in [5.41, 5.74) is 2.75. The van der Waals surface area contributed by atoms with Crippen LogP contribution < -0.4 is 5.32 Å². The van der Waals surface area contributed by atoms with Gasteiger partial charge in [0.15, 0.2) is 0 Å². The van der Waals surface area contributed by atoms with Gasteiger partial charge in [0.1, 0.15) is 0 Å². The number of carbonyl (C=O) groups excluding carboxylic acids is 1. The molecule has 2 amide bonds. The van der Waals surface area contributed by atoms with Gasteiger partial charge in [0, 0.05) is 25.6 Å². The first-order chi connectivity index (χ1) is 11.4. The molecule has 1 N–H and O–H groups in total. The number of nitrogens with zero attached hydrogens (tertiary/aromatic N) is 1. The minimum absolute atomic E-state index is 0.0734. The number of hydrogen-bond donors (Lipinski definition) is 1. The Morgan fingerprint density at radius 2 is 2.00 bits per heavy atom. The average molecular weight is 330 g/mol. The predicted octanol–water partition coefficient (Wildman–Crippen LogP) is 3.87. The number of rotatable bonds is 3. The maximum absolute atomic E-state index is 12.6. The average Bonchev–Trinajstić information content (AvgIpc) is 3.23. The number of carbonyl (C=O) groups is 1. The van der Waals surface area contributed by atoms with Crippen LogP contribution in [0.25, 0.3) is 0 Å². The SMILES string of the molecule is CC(C)(C)c1ccc(C2CCCN2C(=O)NCC2CCOC2)cc1. The predicted molar refractivity (Wildman–Crippen MR) is 96.1 cm³/mol. The van der Waals surface area contributed by atoms with Crippen molar-refractivity contribution in [2.24, 2.45) is 5.92 Å². The van der Waals surface area contributed by atoms with E-state index in [2.05, 4.69) is 50.4 Å². The fraction of sp³-hybridized carbons (Fsp3) is 0.650.